The van der Waals surface area contributed by atoms with Crippen LogP contribution >= 0.6 is 0 Å². The summed E-state index contributed by atoms with van der Waals surface area (Å²) in [6, 6.07) is 8.11. The van der Waals surface area contributed by atoms with Gasteiger partial charge in [0.05, 0.1) is 17.6 Å². The fourth-order valence-corrected chi connectivity index (χ4v) is 3.98. The summed E-state index contributed by atoms with van der Waals surface area (Å²) >= 11 is 0. The lowest BCUT2D eigenvalue weighted by Crippen LogP contribution is -2.61. The van der Waals surface area contributed by atoms with Crippen molar-refractivity contribution in [2.75, 3.05) is 12.4 Å². The molecule has 0 saturated heterocycles. The Labute approximate surface area is 183 Å². The fraction of sp³-hybridized carbons (Fsp3) is 0.304. The number of aromatic nitrogens is 1. The first kappa shape index (κ1) is 22.6. The van der Waals surface area contributed by atoms with E-state index in [4.69, 9.17) is 13.6 Å². The van der Waals surface area contributed by atoms with E-state index < -0.39 is 11.2 Å². The second-order valence-corrected chi connectivity index (χ2v) is 8.14. The van der Waals surface area contributed by atoms with E-state index in [0.29, 0.717) is 40.6 Å². The van der Waals surface area contributed by atoms with E-state index in [9.17, 15) is 9.50 Å². The molecular formula is C23H27BFN5O. The number of nitrogens with zero attached hydrogens (tertiary/aromatic N) is 3. The fourth-order valence-electron chi connectivity index (χ4n) is 3.98. The maximum atomic E-state index is 14.1. The predicted octanol–water partition coefficient (Wildman–Crippen LogP) is 3.32. The third-order valence-corrected chi connectivity index (χ3v) is 5.45. The summed E-state index contributed by atoms with van der Waals surface area (Å²) in [5.74, 6) is -0.0417. The smallest absolute Gasteiger partial charge is 0.163 e. The number of hydrogen-bond donors (Lipinski definition) is 3. The minimum absolute atomic E-state index is 0.317. The van der Waals surface area contributed by atoms with Gasteiger partial charge in [-0.05, 0) is 50.6 Å². The maximum Gasteiger partial charge on any atom is 0.163 e. The molecule has 2 unspecified atom stereocenters. The number of aliphatic imine (C=N–C) groups is 1. The summed E-state index contributed by atoms with van der Waals surface area (Å²) in [6.07, 6.45) is 3.66. The third-order valence-electron chi connectivity index (χ3n) is 5.45. The van der Waals surface area contributed by atoms with Gasteiger partial charge in [0.25, 0.3) is 0 Å². The molecule has 0 aliphatic carbocycles. The Balaban J connectivity index is 2.04. The highest BCUT2D eigenvalue weighted by atomic mass is 19.1. The van der Waals surface area contributed by atoms with Crippen molar-refractivity contribution >= 4 is 25.1 Å². The Kier molecular flexibility index (Phi) is 5.96. The van der Waals surface area contributed by atoms with Crippen molar-refractivity contribution < 1.29 is 9.50 Å². The number of amidine groups is 1. The van der Waals surface area contributed by atoms with Gasteiger partial charge in [-0.2, -0.15) is 0 Å². The van der Waals surface area contributed by atoms with Gasteiger partial charge in [0.15, 0.2) is 5.72 Å². The van der Waals surface area contributed by atoms with Crippen molar-refractivity contribution in [3.63, 3.8) is 0 Å². The highest BCUT2D eigenvalue weighted by Crippen LogP contribution is 2.44. The van der Waals surface area contributed by atoms with E-state index in [1.807, 2.05) is 13.8 Å². The number of nitrogens with two attached hydrogens (primary N) is 1. The van der Waals surface area contributed by atoms with Gasteiger partial charge in [-0.1, -0.05) is 18.7 Å². The minimum atomic E-state index is -1.53. The van der Waals surface area contributed by atoms with Crippen LogP contribution in [-0.4, -0.2) is 41.2 Å². The van der Waals surface area contributed by atoms with Crippen LogP contribution in [0.5, 0.6) is 0 Å². The molecule has 4 N–H and O–H groups in total. The van der Waals surface area contributed by atoms with Gasteiger partial charge in [0.2, 0.25) is 0 Å². The first-order chi connectivity index (χ1) is 14.5. The lowest BCUT2D eigenvalue weighted by molar-refractivity contribution is -0.117. The maximum absolute atomic E-state index is 14.1. The highest BCUT2D eigenvalue weighted by molar-refractivity contribution is 6.15. The van der Waals surface area contributed by atoms with Crippen LogP contribution in [0.4, 0.5) is 15.8 Å². The first-order valence-corrected chi connectivity index (χ1v) is 9.89. The Bertz CT molecular complexity index is 1080. The van der Waals surface area contributed by atoms with Crippen LogP contribution in [0.25, 0.3) is 0 Å². The van der Waals surface area contributed by atoms with Crippen LogP contribution in [0.2, 0.25) is 0 Å². The molecular weight excluding hydrogens is 392 g/mol. The molecule has 2 aromatic rings. The molecule has 3 rings (SSSR count). The van der Waals surface area contributed by atoms with Gasteiger partial charge in [0, 0.05) is 35.9 Å². The molecule has 8 heteroatoms. The minimum Gasteiger partial charge on any atom is -0.384 e. The van der Waals surface area contributed by atoms with E-state index in [1.54, 1.807) is 55.4 Å². The van der Waals surface area contributed by atoms with E-state index in [2.05, 4.69) is 21.9 Å². The molecule has 31 heavy (non-hydrogen) atoms. The predicted molar refractivity (Wildman–Crippen MR) is 124 cm³/mol. The Hall–Kier alpha value is -3.13. The van der Waals surface area contributed by atoms with Crippen LogP contribution in [0.1, 0.15) is 32.0 Å². The molecule has 2 heterocycles. The highest BCUT2D eigenvalue weighted by Gasteiger charge is 2.47. The van der Waals surface area contributed by atoms with E-state index >= 15 is 0 Å². The molecule has 1 aromatic heterocycles. The van der Waals surface area contributed by atoms with Crippen LogP contribution in [0, 0.1) is 5.82 Å². The Morgan fingerprint density at radius 1 is 1.42 bits per heavy atom. The monoisotopic (exact) mass is 419 g/mol. The number of rotatable bonds is 5. The lowest BCUT2D eigenvalue weighted by Gasteiger charge is -2.54. The summed E-state index contributed by atoms with van der Waals surface area (Å²) in [4.78, 5) is 10.1. The second kappa shape index (κ2) is 8.19. The first-order valence-electron chi connectivity index (χ1n) is 9.89. The summed E-state index contributed by atoms with van der Waals surface area (Å²) < 4.78 is 14.1. The van der Waals surface area contributed by atoms with E-state index in [0.717, 1.165) is 5.57 Å². The molecule has 1 aliphatic heterocycles. The second-order valence-electron chi connectivity index (χ2n) is 8.14. The van der Waals surface area contributed by atoms with Gasteiger partial charge in [0.1, 0.15) is 19.5 Å². The van der Waals surface area contributed by atoms with E-state index in [-0.39, 0.29) is 5.82 Å². The van der Waals surface area contributed by atoms with Crippen molar-refractivity contribution in [2.24, 2.45) is 10.7 Å². The molecule has 0 bridgehead atoms. The number of para-hydroxylation sites is 1. The van der Waals surface area contributed by atoms with Gasteiger partial charge in [-0.25, -0.2) is 4.39 Å². The van der Waals surface area contributed by atoms with Crippen molar-refractivity contribution in [3.05, 3.63) is 77.5 Å². The summed E-state index contributed by atoms with van der Waals surface area (Å²) in [5.41, 5.74) is 6.66. The molecule has 1 aliphatic rings. The van der Waals surface area contributed by atoms with Crippen molar-refractivity contribution in [1.29, 1.82) is 0 Å². The summed E-state index contributed by atoms with van der Waals surface area (Å²) in [7, 11) is 8.20. The molecule has 2 atom stereocenters. The average molecular weight is 419 g/mol. The SMILES string of the molecule is [B]C1(C)Cc2ncc(Nc3ccccc3F)cc2C(C)(O)N1C(=C)/C(C)=C\C(N)=NC. The molecule has 1 aromatic carbocycles. The Morgan fingerprint density at radius 3 is 2.74 bits per heavy atom. The topological polar surface area (TPSA) is 86.8 Å². The number of hydrogen-bond acceptors (Lipinski definition) is 5. The normalized spacial score (nSPS) is 24.0. The number of benzene rings is 1. The zero-order valence-corrected chi connectivity index (χ0v) is 18.3. The average Bonchev–Trinajstić information content (AvgIpc) is 2.69. The molecule has 0 amide bonds. The number of allylic oxidation sites excluding steroid dienone is 1. The summed E-state index contributed by atoms with van der Waals surface area (Å²) in [6.45, 7) is 9.43. The largest absolute Gasteiger partial charge is 0.384 e. The molecule has 0 spiro atoms. The van der Waals surface area contributed by atoms with Gasteiger partial charge in [-0.15, -0.1) is 0 Å². The van der Waals surface area contributed by atoms with E-state index in [1.165, 1.54) is 6.07 Å². The van der Waals surface area contributed by atoms with Crippen LogP contribution in [0.3, 0.4) is 0 Å². The van der Waals surface area contributed by atoms with Crippen LogP contribution < -0.4 is 11.1 Å². The molecule has 0 fully saturated rings. The van der Waals surface area contributed by atoms with Gasteiger partial charge < -0.3 is 21.1 Å². The quantitative estimate of drug-likeness (QED) is 0.300. The van der Waals surface area contributed by atoms with Crippen LogP contribution in [-0.2, 0) is 12.1 Å². The van der Waals surface area contributed by atoms with Crippen molar-refractivity contribution in [1.82, 2.24) is 9.88 Å². The van der Waals surface area contributed by atoms with Gasteiger partial charge >= 0.3 is 0 Å². The number of nitrogens with one attached hydrogen (secondary N) is 1. The van der Waals surface area contributed by atoms with Crippen molar-refractivity contribution in [3.8, 4) is 0 Å². The molecule has 6 nitrogen and oxygen atoms in total. The third kappa shape index (κ3) is 4.34. The zero-order chi connectivity index (χ0) is 23.0. The Morgan fingerprint density at radius 2 is 2.10 bits per heavy atom. The van der Waals surface area contributed by atoms with Crippen LogP contribution in [0.15, 0.2) is 65.4 Å². The number of fused-ring (bicyclic) bond motifs is 1. The van der Waals surface area contributed by atoms with Gasteiger partial charge in [-0.3, -0.25) is 9.98 Å². The number of pyridine rings is 1. The molecule has 0 saturated carbocycles. The number of aliphatic hydroxyl groups is 1. The molecule has 2 radical (unpaired) electrons. The summed E-state index contributed by atoms with van der Waals surface area (Å²) in [5, 5.41) is 14.6. The van der Waals surface area contributed by atoms with Crippen molar-refractivity contribution in [2.45, 2.75) is 38.4 Å². The lowest BCUT2D eigenvalue weighted by atomic mass is 9.68. The number of anilines is 2. The molecule has 160 valence electrons. The standard InChI is InChI=1S/C23H27BFN5O/c1-14(10-21(26)27-5)15(2)30-22(3,24)12-20-17(23(30,4)31)11-16(13-28-20)29-19-9-7-6-8-18(19)25/h6-11,13,29,31H,2,12H2,1,3-5H3,(H2,26,27)/b14-10-. The number of halogens is 1. The zero-order valence-electron chi connectivity index (χ0n) is 18.3.